The minimum Gasteiger partial charge on any atom is -0.384 e. The van der Waals surface area contributed by atoms with Crippen LogP contribution in [0.25, 0.3) is 0 Å². The monoisotopic (exact) mass is 264 g/mol. The molecule has 2 heterocycles. The maximum absolute atomic E-state index is 5.37. The highest BCUT2D eigenvalue weighted by atomic mass is 32.1. The van der Waals surface area contributed by atoms with Crippen LogP contribution in [0.1, 0.15) is 16.9 Å². The molecular formula is C14H20N2OS. The summed E-state index contributed by atoms with van der Waals surface area (Å²) in [6, 6.07) is 2.18. The fraction of sp³-hybridized carbons (Fsp3) is 0.571. The lowest BCUT2D eigenvalue weighted by atomic mass is 10.1. The van der Waals surface area contributed by atoms with Gasteiger partial charge in [-0.1, -0.05) is 11.8 Å². The van der Waals surface area contributed by atoms with E-state index < -0.39 is 0 Å². The molecule has 0 spiro atoms. The van der Waals surface area contributed by atoms with E-state index in [4.69, 9.17) is 10.5 Å². The normalized spacial score (nSPS) is 19.8. The van der Waals surface area contributed by atoms with Gasteiger partial charge >= 0.3 is 0 Å². The highest BCUT2D eigenvalue weighted by Gasteiger charge is 2.22. The van der Waals surface area contributed by atoms with Gasteiger partial charge in [-0.2, -0.15) is 0 Å². The Morgan fingerprint density at radius 3 is 3.28 bits per heavy atom. The molecule has 1 fully saturated rings. The number of likely N-dealkylation sites (tertiary alicyclic amines) is 1. The van der Waals surface area contributed by atoms with Crippen LogP contribution in [0.2, 0.25) is 0 Å². The summed E-state index contributed by atoms with van der Waals surface area (Å²) >= 11 is 1.79. The molecule has 18 heavy (non-hydrogen) atoms. The summed E-state index contributed by atoms with van der Waals surface area (Å²) in [7, 11) is 1.78. The minimum atomic E-state index is 0.427. The van der Waals surface area contributed by atoms with Crippen molar-refractivity contribution < 1.29 is 4.74 Å². The summed E-state index contributed by atoms with van der Waals surface area (Å²) in [6.07, 6.45) is 1.25. The van der Waals surface area contributed by atoms with Gasteiger partial charge in [-0.15, -0.1) is 11.3 Å². The first kappa shape index (κ1) is 13.6. The van der Waals surface area contributed by atoms with Gasteiger partial charge < -0.3 is 10.5 Å². The van der Waals surface area contributed by atoms with Crippen molar-refractivity contribution in [2.75, 3.05) is 33.4 Å². The third kappa shape index (κ3) is 3.82. The van der Waals surface area contributed by atoms with Gasteiger partial charge in [-0.3, -0.25) is 4.90 Å². The van der Waals surface area contributed by atoms with Crippen molar-refractivity contribution >= 4 is 11.3 Å². The van der Waals surface area contributed by atoms with Crippen molar-refractivity contribution in [2.45, 2.75) is 13.0 Å². The van der Waals surface area contributed by atoms with Gasteiger partial charge in [0.1, 0.15) is 0 Å². The summed E-state index contributed by atoms with van der Waals surface area (Å²) in [6.45, 7) is 4.67. The van der Waals surface area contributed by atoms with Crippen molar-refractivity contribution in [1.82, 2.24) is 4.90 Å². The highest BCUT2D eigenvalue weighted by molar-refractivity contribution is 7.10. The molecule has 0 aromatic carbocycles. The number of ether oxygens (including phenoxy) is 1. The predicted octanol–water partition coefficient (Wildman–Crippen LogP) is 1.53. The lowest BCUT2D eigenvalue weighted by molar-refractivity contribution is 0.153. The van der Waals surface area contributed by atoms with Crippen LogP contribution < -0.4 is 5.73 Å². The quantitative estimate of drug-likeness (QED) is 0.838. The van der Waals surface area contributed by atoms with Crippen molar-refractivity contribution in [3.8, 4) is 11.8 Å². The molecule has 98 valence electrons. The Morgan fingerprint density at radius 1 is 1.61 bits per heavy atom. The Balaban J connectivity index is 1.85. The number of nitrogens with zero attached hydrogens (tertiary/aromatic N) is 1. The third-order valence-electron chi connectivity index (χ3n) is 3.14. The second-order valence-electron chi connectivity index (χ2n) is 4.65. The second-order valence-corrected chi connectivity index (χ2v) is 5.65. The van der Waals surface area contributed by atoms with Crippen molar-refractivity contribution in [1.29, 1.82) is 0 Å². The smallest absolute Gasteiger partial charge is 0.0555 e. The molecule has 1 aromatic heterocycles. The fourth-order valence-electron chi connectivity index (χ4n) is 2.33. The van der Waals surface area contributed by atoms with Gasteiger partial charge in [-0.05, 0) is 24.9 Å². The second kappa shape index (κ2) is 6.91. The molecule has 1 saturated heterocycles. The number of hydrogen-bond donors (Lipinski definition) is 1. The predicted molar refractivity (Wildman–Crippen MR) is 75.5 cm³/mol. The van der Waals surface area contributed by atoms with Gasteiger partial charge in [0.15, 0.2) is 0 Å². The van der Waals surface area contributed by atoms with Crippen LogP contribution in [0.15, 0.2) is 11.4 Å². The zero-order chi connectivity index (χ0) is 12.8. The molecule has 2 rings (SSSR count). The molecule has 1 unspecified atom stereocenters. The molecule has 0 bridgehead atoms. The van der Waals surface area contributed by atoms with Gasteiger partial charge in [-0.25, -0.2) is 0 Å². The highest BCUT2D eigenvalue weighted by Crippen LogP contribution is 2.22. The Hall–Kier alpha value is -0.860. The molecule has 0 radical (unpaired) electrons. The van der Waals surface area contributed by atoms with Gasteiger partial charge in [0, 0.05) is 36.0 Å². The van der Waals surface area contributed by atoms with E-state index in [1.54, 1.807) is 18.4 Å². The van der Waals surface area contributed by atoms with Crippen LogP contribution in [0.5, 0.6) is 0 Å². The largest absolute Gasteiger partial charge is 0.384 e. The van der Waals surface area contributed by atoms with E-state index in [9.17, 15) is 0 Å². The molecule has 3 nitrogen and oxygen atoms in total. The Bertz CT molecular complexity index is 432. The average molecular weight is 264 g/mol. The van der Waals surface area contributed by atoms with Crippen LogP contribution in [0.3, 0.4) is 0 Å². The first-order valence-corrected chi connectivity index (χ1v) is 7.17. The fourth-order valence-corrected chi connectivity index (χ4v) is 3.19. The molecule has 2 N–H and O–H groups in total. The Labute approximate surface area is 113 Å². The van der Waals surface area contributed by atoms with E-state index >= 15 is 0 Å². The summed E-state index contributed by atoms with van der Waals surface area (Å²) in [4.78, 5) is 3.88. The molecule has 0 saturated carbocycles. The van der Waals surface area contributed by atoms with E-state index in [0.717, 1.165) is 25.3 Å². The van der Waals surface area contributed by atoms with Crippen molar-refractivity contribution in [3.05, 3.63) is 21.9 Å². The summed E-state index contributed by atoms with van der Waals surface area (Å²) in [5.74, 6) is 6.67. The minimum absolute atomic E-state index is 0.427. The number of nitrogens with two attached hydrogens (primary N) is 1. The number of hydrogen-bond acceptors (Lipinski definition) is 4. The SMILES string of the molecule is COCC1CCN(Cc2cc(C#CCN)cs2)C1. The summed E-state index contributed by atoms with van der Waals surface area (Å²) < 4.78 is 5.22. The summed E-state index contributed by atoms with van der Waals surface area (Å²) in [5, 5.41) is 2.11. The van der Waals surface area contributed by atoms with Crippen LogP contribution in [0, 0.1) is 17.8 Å². The van der Waals surface area contributed by atoms with E-state index in [0.29, 0.717) is 12.5 Å². The van der Waals surface area contributed by atoms with Crippen LogP contribution in [0.4, 0.5) is 0 Å². The Morgan fingerprint density at radius 2 is 2.50 bits per heavy atom. The first-order valence-electron chi connectivity index (χ1n) is 6.29. The molecule has 1 atom stereocenters. The number of rotatable bonds is 4. The van der Waals surface area contributed by atoms with E-state index in [1.165, 1.54) is 17.8 Å². The molecular weight excluding hydrogens is 244 g/mol. The number of thiophene rings is 1. The van der Waals surface area contributed by atoms with Crippen LogP contribution in [-0.4, -0.2) is 38.3 Å². The molecule has 0 amide bonds. The van der Waals surface area contributed by atoms with E-state index in [1.807, 2.05) is 0 Å². The van der Waals surface area contributed by atoms with Gasteiger partial charge in [0.05, 0.1) is 13.2 Å². The molecule has 4 heteroatoms. The van der Waals surface area contributed by atoms with Gasteiger partial charge in [0.25, 0.3) is 0 Å². The van der Waals surface area contributed by atoms with Crippen molar-refractivity contribution in [3.63, 3.8) is 0 Å². The Kier molecular flexibility index (Phi) is 5.21. The van der Waals surface area contributed by atoms with E-state index in [2.05, 4.69) is 28.2 Å². The average Bonchev–Trinajstić information content (AvgIpc) is 2.98. The first-order chi connectivity index (χ1) is 8.81. The maximum Gasteiger partial charge on any atom is 0.0555 e. The maximum atomic E-state index is 5.37. The zero-order valence-electron chi connectivity index (χ0n) is 10.8. The number of methoxy groups -OCH3 is 1. The molecule has 1 aromatic rings. The van der Waals surface area contributed by atoms with Gasteiger partial charge in [0.2, 0.25) is 0 Å². The topological polar surface area (TPSA) is 38.5 Å². The van der Waals surface area contributed by atoms with E-state index in [-0.39, 0.29) is 0 Å². The summed E-state index contributed by atoms with van der Waals surface area (Å²) in [5.41, 5.74) is 6.46. The standard InChI is InChI=1S/C14H20N2OS/c1-17-10-13-4-6-16(8-13)9-14-7-12(11-18-14)3-2-5-15/h7,11,13H,4-6,8-10,15H2,1H3. The molecule has 1 aliphatic rings. The zero-order valence-corrected chi connectivity index (χ0v) is 11.6. The van der Waals surface area contributed by atoms with Crippen molar-refractivity contribution in [2.24, 2.45) is 11.7 Å². The third-order valence-corrected chi connectivity index (χ3v) is 4.06. The van der Waals surface area contributed by atoms with Crippen LogP contribution >= 0.6 is 11.3 Å². The molecule has 1 aliphatic heterocycles. The lowest BCUT2D eigenvalue weighted by Crippen LogP contribution is -2.20. The van der Waals surface area contributed by atoms with Crippen LogP contribution in [-0.2, 0) is 11.3 Å². The lowest BCUT2D eigenvalue weighted by Gasteiger charge is -2.14. The molecule has 0 aliphatic carbocycles.